The quantitative estimate of drug-likeness (QED) is 0.842. The highest BCUT2D eigenvalue weighted by atomic mass is 16.5. The van der Waals surface area contributed by atoms with E-state index in [0.717, 1.165) is 5.52 Å². The van der Waals surface area contributed by atoms with Crippen LogP contribution in [-0.2, 0) is 11.3 Å². The second kappa shape index (κ2) is 5.75. The van der Waals surface area contributed by atoms with Crippen molar-refractivity contribution in [1.82, 2.24) is 14.9 Å². The molecule has 0 amide bonds. The molecule has 0 aliphatic heterocycles. The van der Waals surface area contributed by atoms with E-state index in [4.69, 9.17) is 4.74 Å². The fraction of sp³-hybridized carbons (Fsp3) is 0.385. The monoisotopic (exact) mass is 247 g/mol. The molecule has 0 saturated heterocycles. The van der Waals surface area contributed by atoms with Crippen LogP contribution in [0.15, 0.2) is 35.4 Å². The summed E-state index contributed by atoms with van der Waals surface area (Å²) in [4.78, 5) is 16.5. The van der Waals surface area contributed by atoms with Gasteiger partial charge in [-0.15, -0.1) is 0 Å². The van der Waals surface area contributed by atoms with Crippen molar-refractivity contribution in [2.24, 2.45) is 0 Å². The lowest BCUT2D eigenvalue weighted by atomic mass is 10.2. The Kier molecular flexibility index (Phi) is 4.07. The molecule has 1 N–H and O–H groups in total. The van der Waals surface area contributed by atoms with Crippen LogP contribution in [0, 0.1) is 0 Å². The lowest BCUT2D eigenvalue weighted by molar-refractivity contribution is 0.161. The number of nitrogens with one attached hydrogen (secondary N) is 1. The SMILES string of the molecule is CNC(COC)Cn1cnc2ccccc2c1=O. The van der Waals surface area contributed by atoms with Gasteiger partial charge in [-0.05, 0) is 19.2 Å². The minimum atomic E-state index is -0.0167. The van der Waals surface area contributed by atoms with Crippen LogP contribution in [0.5, 0.6) is 0 Å². The van der Waals surface area contributed by atoms with Crippen LogP contribution >= 0.6 is 0 Å². The number of rotatable bonds is 5. The number of methoxy groups -OCH3 is 1. The van der Waals surface area contributed by atoms with E-state index < -0.39 is 0 Å². The van der Waals surface area contributed by atoms with Gasteiger partial charge in [0.25, 0.3) is 5.56 Å². The van der Waals surface area contributed by atoms with Gasteiger partial charge in [-0.1, -0.05) is 12.1 Å². The van der Waals surface area contributed by atoms with Crippen molar-refractivity contribution in [2.45, 2.75) is 12.6 Å². The lowest BCUT2D eigenvalue weighted by Gasteiger charge is -2.16. The Labute approximate surface area is 105 Å². The first-order valence-electron chi connectivity index (χ1n) is 5.86. The van der Waals surface area contributed by atoms with Crippen molar-refractivity contribution in [3.8, 4) is 0 Å². The van der Waals surface area contributed by atoms with Crippen molar-refractivity contribution in [3.63, 3.8) is 0 Å². The second-order valence-electron chi connectivity index (χ2n) is 4.16. The summed E-state index contributed by atoms with van der Waals surface area (Å²) in [6.07, 6.45) is 1.59. The highest BCUT2D eigenvalue weighted by molar-refractivity contribution is 5.76. The van der Waals surface area contributed by atoms with Crippen molar-refractivity contribution in [3.05, 3.63) is 40.9 Å². The molecule has 5 heteroatoms. The van der Waals surface area contributed by atoms with E-state index in [1.165, 1.54) is 0 Å². The average Bonchev–Trinajstić information content (AvgIpc) is 2.41. The molecule has 0 radical (unpaired) electrons. The summed E-state index contributed by atoms with van der Waals surface area (Å²) in [5.74, 6) is 0. The summed E-state index contributed by atoms with van der Waals surface area (Å²) in [6.45, 7) is 1.09. The van der Waals surface area contributed by atoms with Crippen LogP contribution in [0.4, 0.5) is 0 Å². The van der Waals surface area contributed by atoms with E-state index in [-0.39, 0.29) is 11.6 Å². The molecule has 0 aliphatic carbocycles. The van der Waals surface area contributed by atoms with Gasteiger partial charge >= 0.3 is 0 Å². The first-order chi connectivity index (χ1) is 8.76. The smallest absolute Gasteiger partial charge is 0.261 e. The molecule has 1 aromatic carbocycles. The summed E-state index contributed by atoms with van der Waals surface area (Å²) in [5, 5.41) is 3.76. The molecular weight excluding hydrogens is 230 g/mol. The van der Waals surface area contributed by atoms with Crippen LogP contribution in [-0.4, -0.2) is 36.4 Å². The summed E-state index contributed by atoms with van der Waals surface area (Å²) in [6, 6.07) is 7.45. The van der Waals surface area contributed by atoms with Gasteiger partial charge in [0, 0.05) is 19.7 Å². The van der Waals surface area contributed by atoms with Crippen molar-refractivity contribution >= 4 is 10.9 Å². The van der Waals surface area contributed by atoms with Crippen LogP contribution in [0.1, 0.15) is 0 Å². The van der Waals surface area contributed by atoms with Gasteiger partial charge in [-0.2, -0.15) is 0 Å². The number of nitrogens with zero attached hydrogens (tertiary/aromatic N) is 2. The molecule has 2 rings (SSSR count). The summed E-state index contributed by atoms with van der Waals surface area (Å²) in [5.41, 5.74) is 0.712. The van der Waals surface area contributed by atoms with Gasteiger partial charge in [0.1, 0.15) is 0 Å². The number of hydrogen-bond donors (Lipinski definition) is 1. The first kappa shape index (κ1) is 12.7. The number of hydrogen-bond acceptors (Lipinski definition) is 4. The van der Waals surface area contributed by atoms with Gasteiger partial charge < -0.3 is 10.1 Å². The third-order valence-corrected chi connectivity index (χ3v) is 2.92. The maximum atomic E-state index is 12.2. The van der Waals surface area contributed by atoms with Gasteiger partial charge in [0.2, 0.25) is 0 Å². The van der Waals surface area contributed by atoms with Crippen LogP contribution in [0.25, 0.3) is 10.9 Å². The summed E-state index contributed by atoms with van der Waals surface area (Å²) >= 11 is 0. The largest absolute Gasteiger partial charge is 0.383 e. The average molecular weight is 247 g/mol. The molecule has 1 atom stereocenters. The van der Waals surface area contributed by atoms with E-state index >= 15 is 0 Å². The first-order valence-corrected chi connectivity index (χ1v) is 5.86. The fourth-order valence-corrected chi connectivity index (χ4v) is 1.90. The van der Waals surface area contributed by atoms with Crippen LogP contribution in [0.3, 0.4) is 0 Å². The molecule has 18 heavy (non-hydrogen) atoms. The predicted octanol–water partition coefficient (Wildman–Crippen LogP) is 0.631. The Balaban J connectivity index is 2.34. The molecule has 1 unspecified atom stereocenters. The third kappa shape index (κ3) is 2.57. The van der Waals surface area contributed by atoms with Crippen molar-refractivity contribution in [2.75, 3.05) is 20.8 Å². The maximum absolute atomic E-state index is 12.2. The molecule has 5 nitrogen and oxygen atoms in total. The Hall–Kier alpha value is -1.72. The molecule has 0 aliphatic rings. The van der Waals surface area contributed by atoms with E-state index in [9.17, 15) is 4.79 Å². The molecule has 0 saturated carbocycles. The molecule has 1 aromatic heterocycles. The molecular formula is C13H17N3O2. The zero-order valence-corrected chi connectivity index (χ0v) is 10.6. The normalized spacial score (nSPS) is 12.8. The van der Waals surface area contributed by atoms with Gasteiger partial charge in [-0.3, -0.25) is 9.36 Å². The second-order valence-corrected chi connectivity index (χ2v) is 4.16. The Morgan fingerprint density at radius 1 is 1.44 bits per heavy atom. The zero-order valence-electron chi connectivity index (χ0n) is 10.6. The fourth-order valence-electron chi connectivity index (χ4n) is 1.90. The van der Waals surface area contributed by atoms with E-state index in [2.05, 4.69) is 10.3 Å². The molecule has 0 fully saturated rings. The summed E-state index contributed by atoms with van der Waals surface area (Å²) in [7, 11) is 3.49. The number of fused-ring (bicyclic) bond motifs is 1. The summed E-state index contributed by atoms with van der Waals surface area (Å²) < 4.78 is 6.71. The minimum absolute atomic E-state index is 0.0167. The number of benzene rings is 1. The predicted molar refractivity (Wildman–Crippen MR) is 70.7 cm³/mol. The highest BCUT2D eigenvalue weighted by Gasteiger charge is 2.09. The van der Waals surface area contributed by atoms with Gasteiger partial charge in [0.15, 0.2) is 0 Å². The van der Waals surface area contributed by atoms with Crippen molar-refractivity contribution in [1.29, 1.82) is 0 Å². The van der Waals surface area contributed by atoms with Crippen molar-refractivity contribution < 1.29 is 4.74 Å². The minimum Gasteiger partial charge on any atom is -0.383 e. The van der Waals surface area contributed by atoms with E-state index in [1.54, 1.807) is 24.1 Å². The molecule has 2 aromatic rings. The Morgan fingerprint density at radius 2 is 2.22 bits per heavy atom. The molecule has 96 valence electrons. The molecule has 1 heterocycles. The highest BCUT2D eigenvalue weighted by Crippen LogP contribution is 2.04. The van der Waals surface area contributed by atoms with E-state index in [1.807, 2.05) is 25.2 Å². The molecule has 0 bridgehead atoms. The third-order valence-electron chi connectivity index (χ3n) is 2.92. The van der Waals surface area contributed by atoms with Crippen LogP contribution < -0.4 is 10.9 Å². The zero-order chi connectivity index (χ0) is 13.0. The number of para-hydroxylation sites is 1. The maximum Gasteiger partial charge on any atom is 0.261 e. The number of aromatic nitrogens is 2. The topological polar surface area (TPSA) is 56.1 Å². The molecule has 0 spiro atoms. The Morgan fingerprint density at radius 3 is 2.94 bits per heavy atom. The Bertz CT molecular complexity index is 580. The van der Waals surface area contributed by atoms with Gasteiger partial charge in [-0.25, -0.2) is 4.98 Å². The number of ether oxygens (including phenoxy) is 1. The van der Waals surface area contributed by atoms with Crippen LogP contribution in [0.2, 0.25) is 0 Å². The van der Waals surface area contributed by atoms with Gasteiger partial charge in [0.05, 0.1) is 23.8 Å². The van der Waals surface area contributed by atoms with E-state index in [0.29, 0.717) is 18.5 Å². The lowest BCUT2D eigenvalue weighted by Crippen LogP contribution is -2.37. The standard InChI is InChI=1S/C13H17N3O2/c1-14-10(8-18-2)7-16-9-15-12-6-4-3-5-11(12)13(16)17/h3-6,9-10,14H,7-8H2,1-2H3. The number of likely N-dealkylation sites (N-methyl/N-ethyl adjacent to an activating group) is 1.